The normalized spacial score (nSPS) is 13.1. The molecule has 0 aliphatic heterocycles. The molecule has 0 atom stereocenters. The van der Waals surface area contributed by atoms with E-state index in [9.17, 15) is 6.94 Å². The van der Waals surface area contributed by atoms with Crippen LogP contribution in [0.5, 0.6) is 0 Å². The third-order valence-electron chi connectivity index (χ3n) is 2.65. The fraction of sp³-hybridized carbons (Fsp3) is 1.00. The number of hydrogen-bond acceptors (Lipinski definition) is 2. The van der Waals surface area contributed by atoms with Crippen molar-refractivity contribution in [3.05, 3.63) is 0 Å². The first-order valence-corrected chi connectivity index (χ1v) is 11.7. The Bertz CT molecular complexity index is 124. The van der Waals surface area contributed by atoms with Crippen LogP contribution in [0.3, 0.4) is 0 Å². The second kappa shape index (κ2) is 9.90. The Morgan fingerprint density at radius 3 is 1.40 bits per heavy atom. The Balaban J connectivity index is 3.40. The first kappa shape index (κ1) is 15.7. The molecule has 0 aromatic heterocycles. The van der Waals surface area contributed by atoms with Gasteiger partial charge in [0.1, 0.15) is 0 Å². The van der Waals surface area contributed by atoms with Crippen LogP contribution in [0.25, 0.3) is 0 Å². The van der Waals surface area contributed by atoms with Crippen molar-refractivity contribution in [2.75, 3.05) is 0 Å². The van der Waals surface area contributed by atoms with Gasteiger partial charge in [0.05, 0.1) is 0 Å². The molecule has 0 saturated heterocycles. The van der Waals surface area contributed by atoms with E-state index < -0.39 is 19.0 Å². The molecule has 3 heteroatoms. The van der Waals surface area contributed by atoms with Gasteiger partial charge in [-0.3, -0.25) is 0 Å². The van der Waals surface area contributed by atoms with Crippen LogP contribution in [0, 0.1) is 0 Å². The van der Waals surface area contributed by atoms with Gasteiger partial charge in [-0.15, -0.1) is 0 Å². The van der Waals surface area contributed by atoms with Crippen LogP contribution in [0.15, 0.2) is 0 Å². The van der Waals surface area contributed by atoms with E-state index in [1.54, 1.807) is 0 Å². The molecule has 0 heterocycles. The Morgan fingerprint density at radius 1 is 0.667 bits per heavy atom. The van der Waals surface area contributed by atoms with Gasteiger partial charge in [-0.2, -0.15) is 0 Å². The van der Waals surface area contributed by atoms with Gasteiger partial charge in [0.25, 0.3) is 0 Å². The maximum atomic E-state index is 9.86. The molecule has 15 heavy (non-hydrogen) atoms. The van der Waals surface area contributed by atoms with Crippen LogP contribution in [-0.4, -0.2) is 25.9 Å². The van der Waals surface area contributed by atoms with Crippen molar-refractivity contribution in [2.24, 2.45) is 0 Å². The van der Waals surface area contributed by atoms with Crippen LogP contribution in [0.4, 0.5) is 0 Å². The van der Waals surface area contributed by atoms with Gasteiger partial charge in [-0.25, -0.2) is 0 Å². The van der Waals surface area contributed by atoms with Crippen molar-refractivity contribution in [3.8, 4) is 0 Å². The van der Waals surface area contributed by atoms with Crippen molar-refractivity contribution < 1.29 is 6.94 Å². The molecule has 0 aromatic rings. The van der Waals surface area contributed by atoms with Crippen LogP contribution in [0.1, 0.15) is 65.2 Å². The molecule has 0 unspecified atom stereocenters. The predicted octanol–water partition coefficient (Wildman–Crippen LogP) is 3.57. The van der Waals surface area contributed by atoms with E-state index in [4.69, 9.17) is 0 Å². The number of rotatable bonds is 10. The third kappa shape index (κ3) is 11.0. The van der Waals surface area contributed by atoms with Crippen LogP contribution in [0.2, 0.25) is 8.94 Å². The topological polar surface area (TPSA) is 40.5 Å². The minimum absolute atomic E-state index is 0.731. The fourth-order valence-electron chi connectivity index (χ4n) is 1.62. The summed E-state index contributed by atoms with van der Waals surface area (Å²) >= 11 is -3.32. The molecule has 0 amide bonds. The summed E-state index contributed by atoms with van der Waals surface area (Å²) in [5.74, 6) is 0. The number of hydrogen-bond donors (Lipinski definition) is 2. The molecule has 0 spiro atoms. The van der Waals surface area contributed by atoms with E-state index in [-0.39, 0.29) is 0 Å². The van der Waals surface area contributed by atoms with E-state index >= 15 is 0 Å². The molecule has 0 aliphatic rings. The summed E-state index contributed by atoms with van der Waals surface area (Å²) < 4.78 is 21.2. The standard InChI is InChI=1S/C12H28O2Te/c1-3-5-7-9-11-15(13,14)12-10-8-6-4-2/h13-14H,3-12H2,1-2H3. The van der Waals surface area contributed by atoms with Crippen LogP contribution in [-0.2, 0) is 0 Å². The summed E-state index contributed by atoms with van der Waals surface area (Å²) in [7, 11) is 0. The quantitative estimate of drug-likeness (QED) is 0.474. The average molecular weight is 332 g/mol. The SMILES string of the molecule is CCCCCC[Te](O)(O)CCCCCC. The summed E-state index contributed by atoms with van der Waals surface area (Å²) in [6.07, 6.45) is 9.27. The molecule has 0 fully saturated rings. The molecule has 0 aliphatic carbocycles. The summed E-state index contributed by atoms with van der Waals surface area (Å²) in [5, 5.41) is 0. The van der Waals surface area contributed by atoms with Gasteiger partial charge in [0.15, 0.2) is 0 Å². The molecular weight excluding hydrogens is 304 g/mol. The second-order valence-corrected chi connectivity index (χ2v) is 11.2. The van der Waals surface area contributed by atoms with Gasteiger partial charge in [-0.1, -0.05) is 0 Å². The van der Waals surface area contributed by atoms with E-state index in [0.717, 1.165) is 21.8 Å². The van der Waals surface area contributed by atoms with Crippen molar-refractivity contribution in [3.63, 3.8) is 0 Å². The van der Waals surface area contributed by atoms with E-state index in [1.807, 2.05) is 0 Å². The predicted molar refractivity (Wildman–Crippen MR) is 68.1 cm³/mol. The summed E-state index contributed by atoms with van der Waals surface area (Å²) in [6.45, 7) is 4.36. The van der Waals surface area contributed by atoms with Gasteiger partial charge in [-0.05, 0) is 0 Å². The van der Waals surface area contributed by atoms with Crippen molar-refractivity contribution in [1.82, 2.24) is 0 Å². The molecule has 0 radical (unpaired) electrons. The zero-order chi connectivity index (χ0) is 11.6. The molecule has 0 saturated carbocycles. The first-order chi connectivity index (χ1) is 7.12. The Kier molecular flexibility index (Phi) is 10.4. The van der Waals surface area contributed by atoms with Crippen molar-refractivity contribution >= 4 is 19.0 Å². The Labute approximate surface area is 100.0 Å². The van der Waals surface area contributed by atoms with Crippen LogP contribution >= 0.6 is 0 Å². The molecule has 0 bridgehead atoms. The van der Waals surface area contributed by atoms with E-state index in [1.165, 1.54) is 38.5 Å². The molecule has 94 valence electrons. The first-order valence-electron chi connectivity index (χ1n) is 6.36. The molecule has 0 rings (SSSR count). The van der Waals surface area contributed by atoms with Crippen molar-refractivity contribution in [1.29, 1.82) is 0 Å². The van der Waals surface area contributed by atoms with Gasteiger partial charge in [0, 0.05) is 0 Å². The summed E-state index contributed by atoms with van der Waals surface area (Å²) in [4.78, 5) is 0. The Morgan fingerprint density at radius 2 is 1.07 bits per heavy atom. The van der Waals surface area contributed by atoms with Crippen molar-refractivity contribution in [2.45, 2.75) is 74.2 Å². The second-order valence-electron chi connectivity index (χ2n) is 4.33. The van der Waals surface area contributed by atoms with Crippen LogP contribution < -0.4 is 0 Å². The number of unbranched alkanes of at least 4 members (excludes halogenated alkanes) is 6. The average Bonchev–Trinajstić information content (AvgIpc) is 2.20. The van der Waals surface area contributed by atoms with E-state index in [0.29, 0.717) is 0 Å². The zero-order valence-electron chi connectivity index (χ0n) is 10.4. The maximum absolute atomic E-state index is 9.86. The van der Waals surface area contributed by atoms with E-state index in [2.05, 4.69) is 13.8 Å². The van der Waals surface area contributed by atoms with Gasteiger partial charge < -0.3 is 0 Å². The molecular formula is C12H28O2Te. The minimum atomic E-state index is -3.32. The monoisotopic (exact) mass is 334 g/mol. The fourth-order valence-corrected chi connectivity index (χ4v) is 6.01. The Hall–Kier alpha value is 0.710. The third-order valence-corrected chi connectivity index (χ3v) is 8.03. The van der Waals surface area contributed by atoms with Gasteiger partial charge >= 0.3 is 100 Å². The summed E-state index contributed by atoms with van der Waals surface area (Å²) in [5.41, 5.74) is 0. The summed E-state index contributed by atoms with van der Waals surface area (Å²) in [6, 6.07) is 0. The molecule has 0 aromatic carbocycles. The van der Waals surface area contributed by atoms with Gasteiger partial charge in [0.2, 0.25) is 0 Å². The molecule has 2 nitrogen and oxygen atoms in total. The molecule has 2 N–H and O–H groups in total. The zero-order valence-corrected chi connectivity index (χ0v) is 12.7.